The van der Waals surface area contributed by atoms with E-state index >= 15 is 0 Å². The van der Waals surface area contributed by atoms with E-state index in [4.69, 9.17) is 11.6 Å². The van der Waals surface area contributed by atoms with Crippen LogP contribution in [0.15, 0.2) is 77.7 Å². The van der Waals surface area contributed by atoms with Crippen molar-refractivity contribution >= 4 is 27.3 Å². The van der Waals surface area contributed by atoms with Crippen LogP contribution in [0.2, 0.25) is 5.02 Å². The van der Waals surface area contributed by atoms with Gasteiger partial charge in [-0.1, -0.05) is 41.9 Å². The number of hydrogen-bond donors (Lipinski definition) is 1. The summed E-state index contributed by atoms with van der Waals surface area (Å²) in [7, 11) is -3.64. The number of anilines is 1. The predicted octanol–water partition coefficient (Wildman–Crippen LogP) is 4.12. The minimum atomic E-state index is -3.64. The summed E-state index contributed by atoms with van der Waals surface area (Å²) >= 11 is 6.00. The van der Waals surface area contributed by atoms with E-state index in [9.17, 15) is 13.7 Å². The minimum Gasteiger partial charge on any atom is -0.365 e. The third-order valence-electron chi connectivity index (χ3n) is 5.12. The molecule has 1 heterocycles. The second kappa shape index (κ2) is 8.49. The first-order valence-corrected chi connectivity index (χ1v) is 11.4. The molecule has 1 atom stereocenters. The van der Waals surface area contributed by atoms with Crippen molar-refractivity contribution in [1.82, 2.24) is 4.72 Å². The number of sulfonamides is 1. The first kappa shape index (κ1) is 20.4. The lowest BCUT2D eigenvalue weighted by Gasteiger charge is -2.36. The van der Waals surface area contributed by atoms with E-state index in [0.29, 0.717) is 30.1 Å². The molecule has 4 rings (SSSR count). The lowest BCUT2D eigenvalue weighted by Crippen LogP contribution is -2.48. The summed E-state index contributed by atoms with van der Waals surface area (Å²) in [6, 6.07) is 23.4. The molecule has 0 saturated heterocycles. The Morgan fingerprint density at radius 1 is 1.07 bits per heavy atom. The van der Waals surface area contributed by atoms with E-state index in [1.165, 1.54) is 0 Å². The Balaban J connectivity index is 1.63. The van der Waals surface area contributed by atoms with Crippen molar-refractivity contribution in [3.05, 3.63) is 94.5 Å². The quantitative estimate of drug-likeness (QED) is 0.651. The predicted molar refractivity (Wildman–Crippen MR) is 118 cm³/mol. The zero-order valence-corrected chi connectivity index (χ0v) is 17.7. The average Bonchev–Trinajstić information content (AvgIpc) is 2.75. The maximum absolute atomic E-state index is 12.8. The monoisotopic (exact) mass is 437 g/mol. The largest absolute Gasteiger partial charge is 0.365 e. The van der Waals surface area contributed by atoms with Crippen molar-refractivity contribution in [3.63, 3.8) is 0 Å². The van der Waals surface area contributed by atoms with E-state index < -0.39 is 10.0 Å². The van der Waals surface area contributed by atoms with Crippen LogP contribution in [-0.2, 0) is 23.0 Å². The second-order valence-corrected chi connectivity index (χ2v) is 9.45. The number of halogens is 1. The maximum Gasteiger partial charge on any atom is 0.240 e. The molecule has 5 nitrogen and oxygen atoms in total. The summed E-state index contributed by atoms with van der Waals surface area (Å²) in [6.07, 6.45) is 0.522. The zero-order valence-electron chi connectivity index (χ0n) is 16.1. The summed E-state index contributed by atoms with van der Waals surface area (Å²) in [5, 5.41) is 9.95. The molecule has 0 spiro atoms. The van der Waals surface area contributed by atoms with Gasteiger partial charge in [0, 0.05) is 29.8 Å². The maximum atomic E-state index is 12.8. The summed E-state index contributed by atoms with van der Waals surface area (Å²) in [5.41, 5.74) is 3.60. The van der Waals surface area contributed by atoms with Gasteiger partial charge < -0.3 is 4.90 Å². The molecule has 0 amide bonds. The molecule has 7 heteroatoms. The second-order valence-electron chi connectivity index (χ2n) is 7.30. The van der Waals surface area contributed by atoms with Gasteiger partial charge >= 0.3 is 0 Å². The van der Waals surface area contributed by atoms with Gasteiger partial charge in [-0.05, 0) is 60.0 Å². The Hall–Kier alpha value is -2.85. The Labute approximate surface area is 181 Å². The van der Waals surface area contributed by atoms with Gasteiger partial charge in [-0.2, -0.15) is 5.26 Å². The Morgan fingerprint density at radius 2 is 1.80 bits per heavy atom. The summed E-state index contributed by atoms with van der Waals surface area (Å²) in [4.78, 5) is 2.38. The van der Waals surface area contributed by atoms with Gasteiger partial charge in [-0.3, -0.25) is 0 Å². The molecule has 0 radical (unpaired) electrons. The summed E-state index contributed by atoms with van der Waals surface area (Å²) in [5.74, 6) is 0. The number of benzene rings is 3. The summed E-state index contributed by atoms with van der Waals surface area (Å²) in [6.45, 7) is 1.13. The average molecular weight is 438 g/mol. The molecule has 0 aromatic heterocycles. The minimum absolute atomic E-state index is 0.242. The number of fused-ring (bicyclic) bond motifs is 1. The van der Waals surface area contributed by atoms with Crippen LogP contribution < -0.4 is 9.62 Å². The highest BCUT2D eigenvalue weighted by molar-refractivity contribution is 7.89. The van der Waals surface area contributed by atoms with Gasteiger partial charge in [0.05, 0.1) is 16.5 Å². The highest BCUT2D eigenvalue weighted by Gasteiger charge is 2.28. The number of hydrogen-bond acceptors (Lipinski definition) is 4. The number of nitrogens with one attached hydrogen (secondary N) is 1. The van der Waals surface area contributed by atoms with Gasteiger partial charge in [0.1, 0.15) is 0 Å². The molecule has 1 aliphatic rings. The smallest absolute Gasteiger partial charge is 0.240 e. The molecule has 0 fully saturated rings. The van der Waals surface area contributed by atoms with Crippen molar-refractivity contribution < 1.29 is 8.42 Å². The van der Waals surface area contributed by atoms with Gasteiger partial charge in [0.15, 0.2) is 0 Å². The van der Waals surface area contributed by atoms with Crippen LogP contribution in [0.1, 0.15) is 16.7 Å². The fraction of sp³-hybridized carbons (Fsp3) is 0.174. The fourth-order valence-corrected chi connectivity index (χ4v) is 5.12. The van der Waals surface area contributed by atoms with Crippen LogP contribution in [0.5, 0.6) is 0 Å². The molecule has 1 aliphatic heterocycles. The van der Waals surface area contributed by atoms with E-state index in [1.807, 2.05) is 36.4 Å². The van der Waals surface area contributed by atoms with Crippen molar-refractivity contribution in [2.45, 2.75) is 23.9 Å². The Bertz CT molecular complexity index is 1190. The number of nitriles is 1. The normalized spacial score (nSPS) is 16.0. The van der Waals surface area contributed by atoms with Crippen LogP contribution in [0, 0.1) is 11.3 Å². The third-order valence-corrected chi connectivity index (χ3v) is 6.91. The zero-order chi connectivity index (χ0) is 21.1. The topological polar surface area (TPSA) is 73.2 Å². The van der Waals surface area contributed by atoms with Crippen LogP contribution >= 0.6 is 11.6 Å². The van der Waals surface area contributed by atoms with E-state index in [1.54, 1.807) is 36.4 Å². The Kier molecular flexibility index (Phi) is 5.78. The first-order valence-electron chi connectivity index (χ1n) is 9.54. The van der Waals surface area contributed by atoms with Crippen molar-refractivity contribution in [3.8, 4) is 6.07 Å². The molecule has 30 heavy (non-hydrogen) atoms. The van der Waals surface area contributed by atoms with Gasteiger partial charge in [-0.15, -0.1) is 0 Å². The van der Waals surface area contributed by atoms with Crippen LogP contribution in [-0.4, -0.2) is 21.0 Å². The molecular weight excluding hydrogens is 418 g/mol. The number of rotatable bonds is 5. The van der Waals surface area contributed by atoms with Crippen molar-refractivity contribution in [1.29, 1.82) is 5.26 Å². The SMILES string of the molecule is N#Cc1ccc2c(c1)CC(NS(=O)(=O)c1ccccc1)CN2Cc1ccc(Cl)cc1. The first-order chi connectivity index (χ1) is 14.4. The van der Waals surface area contributed by atoms with E-state index in [-0.39, 0.29) is 10.9 Å². The third kappa shape index (κ3) is 4.49. The van der Waals surface area contributed by atoms with Crippen molar-refractivity contribution in [2.24, 2.45) is 0 Å². The molecule has 1 unspecified atom stereocenters. The van der Waals surface area contributed by atoms with Gasteiger partial charge in [0.2, 0.25) is 10.0 Å². The van der Waals surface area contributed by atoms with Gasteiger partial charge in [0.25, 0.3) is 0 Å². The van der Waals surface area contributed by atoms with Gasteiger partial charge in [-0.25, -0.2) is 13.1 Å². The lowest BCUT2D eigenvalue weighted by molar-refractivity contribution is 0.524. The standard InChI is InChI=1S/C23H20ClN3O2S/c24-20-9-6-17(7-10-20)15-27-16-21(13-19-12-18(14-25)8-11-23(19)27)26-30(28,29)22-4-2-1-3-5-22/h1-12,21,26H,13,15-16H2. The van der Waals surface area contributed by atoms with Crippen LogP contribution in [0.25, 0.3) is 0 Å². The Morgan fingerprint density at radius 3 is 2.50 bits per heavy atom. The highest BCUT2D eigenvalue weighted by Crippen LogP contribution is 2.30. The molecule has 3 aromatic carbocycles. The number of nitrogens with zero attached hydrogens (tertiary/aromatic N) is 2. The lowest BCUT2D eigenvalue weighted by atomic mass is 9.96. The molecule has 0 saturated carbocycles. The van der Waals surface area contributed by atoms with Crippen molar-refractivity contribution in [2.75, 3.05) is 11.4 Å². The fourth-order valence-electron chi connectivity index (χ4n) is 3.75. The molecular formula is C23H20ClN3O2S. The summed E-state index contributed by atoms with van der Waals surface area (Å²) < 4.78 is 28.5. The van der Waals surface area contributed by atoms with Crippen LogP contribution in [0.4, 0.5) is 5.69 Å². The van der Waals surface area contributed by atoms with E-state index in [0.717, 1.165) is 16.8 Å². The van der Waals surface area contributed by atoms with E-state index in [2.05, 4.69) is 15.7 Å². The molecule has 0 bridgehead atoms. The van der Waals surface area contributed by atoms with Crippen LogP contribution in [0.3, 0.4) is 0 Å². The molecule has 3 aromatic rings. The highest BCUT2D eigenvalue weighted by atomic mass is 35.5. The molecule has 1 N–H and O–H groups in total. The molecule has 152 valence electrons. The molecule has 0 aliphatic carbocycles.